The van der Waals surface area contributed by atoms with Gasteiger partial charge in [-0.25, -0.2) is 14.4 Å². The van der Waals surface area contributed by atoms with Gasteiger partial charge in [0, 0.05) is 35.7 Å². The van der Waals surface area contributed by atoms with E-state index < -0.39 is 11.7 Å². The average molecular weight is 485 g/mol. The summed E-state index contributed by atoms with van der Waals surface area (Å²) in [4.78, 5) is 21.4. The van der Waals surface area contributed by atoms with Crippen LogP contribution in [0.5, 0.6) is 0 Å². The van der Waals surface area contributed by atoms with Gasteiger partial charge in [0.1, 0.15) is 17.3 Å². The van der Waals surface area contributed by atoms with Crippen LogP contribution in [0.3, 0.4) is 0 Å². The second-order valence-corrected chi connectivity index (χ2v) is 8.34. The van der Waals surface area contributed by atoms with Gasteiger partial charge < -0.3 is 15.8 Å². The number of amides is 1. The number of nitrogens with zero attached hydrogens (tertiary/aromatic N) is 2. The maximum Gasteiger partial charge on any atom is 0.254 e. The van der Waals surface area contributed by atoms with Crippen molar-refractivity contribution in [2.24, 2.45) is 0 Å². The van der Waals surface area contributed by atoms with Crippen molar-refractivity contribution in [3.05, 3.63) is 75.8 Å². The molecule has 1 saturated heterocycles. The molecule has 3 N–H and O–H groups in total. The Labute approximate surface area is 188 Å². The summed E-state index contributed by atoms with van der Waals surface area (Å²) in [7, 11) is 0. The maximum absolute atomic E-state index is 14.8. The lowest BCUT2D eigenvalue weighted by Gasteiger charge is -2.22. The third-order valence-electron chi connectivity index (χ3n) is 5.29. The highest BCUT2D eigenvalue weighted by atomic mass is 79.9. The smallest absolute Gasteiger partial charge is 0.254 e. The first-order chi connectivity index (χ1) is 15.0. The molecule has 31 heavy (non-hydrogen) atoms. The lowest BCUT2D eigenvalue weighted by atomic mass is 9.96. The molecule has 0 saturated carbocycles. The molecule has 1 amide bonds. The standard InChI is InChI=1S/C23H22BrFN4O2/c24-17-3-1-2-14(10-17)12-28-23(30)18-5-4-16(11-19(18)25)21-22(26)27-13-20(29-21)15-6-8-31-9-7-15/h1-5,10-11,13,15H,6-9,12H2,(H2,26,27)(H,28,30). The number of rotatable bonds is 5. The molecule has 6 nitrogen and oxygen atoms in total. The van der Waals surface area contributed by atoms with E-state index in [1.165, 1.54) is 12.1 Å². The molecule has 4 rings (SSSR count). The maximum atomic E-state index is 14.8. The molecule has 3 aromatic rings. The third kappa shape index (κ3) is 5.08. The fourth-order valence-corrected chi connectivity index (χ4v) is 4.03. The minimum Gasteiger partial charge on any atom is -0.382 e. The van der Waals surface area contributed by atoms with Gasteiger partial charge in [0.05, 0.1) is 17.5 Å². The highest BCUT2D eigenvalue weighted by Crippen LogP contribution is 2.30. The van der Waals surface area contributed by atoms with E-state index >= 15 is 0 Å². The molecule has 2 aromatic carbocycles. The summed E-state index contributed by atoms with van der Waals surface area (Å²) in [5.41, 5.74) is 8.62. The number of nitrogens with two attached hydrogens (primary N) is 1. The topological polar surface area (TPSA) is 90.1 Å². The van der Waals surface area contributed by atoms with Crippen LogP contribution in [0.15, 0.2) is 53.1 Å². The lowest BCUT2D eigenvalue weighted by molar-refractivity contribution is 0.0844. The number of carbonyl (C=O) groups excluding carboxylic acids is 1. The molecule has 160 valence electrons. The van der Waals surface area contributed by atoms with Gasteiger partial charge >= 0.3 is 0 Å². The van der Waals surface area contributed by atoms with E-state index in [1.807, 2.05) is 24.3 Å². The zero-order chi connectivity index (χ0) is 21.8. The quantitative estimate of drug-likeness (QED) is 0.558. The van der Waals surface area contributed by atoms with Gasteiger partial charge in [-0.3, -0.25) is 4.79 Å². The average Bonchev–Trinajstić information content (AvgIpc) is 2.78. The van der Waals surface area contributed by atoms with Crippen LogP contribution in [0.25, 0.3) is 11.3 Å². The fraction of sp³-hybridized carbons (Fsp3) is 0.261. The summed E-state index contributed by atoms with van der Waals surface area (Å²) in [5, 5.41) is 2.74. The van der Waals surface area contributed by atoms with Crippen molar-refractivity contribution in [2.75, 3.05) is 18.9 Å². The van der Waals surface area contributed by atoms with E-state index in [9.17, 15) is 9.18 Å². The Morgan fingerprint density at radius 3 is 2.77 bits per heavy atom. The first kappa shape index (κ1) is 21.4. The Hall–Kier alpha value is -2.84. The first-order valence-electron chi connectivity index (χ1n) is 10.0. The Kier molecular flexibility index (Phi) is 6.58. The zero-order valence-electron chi connectivity index (χ0n) is 16.8. The first-order valence-corrected chi connectivity index (χ1v) is 10.8. The van der Waals surface area contributed by atoms with Crippen LogP contribution in [0.2, 0.25) is 0 Å². The van der Waals surface area contributed by atoms with Crippen molar-refractivity contribution < 1.29 is 13.9 Å². The number of carbonyl (C=O) groups is 1. The molecule has 1 aliphatic heterocycles. The van der Waals surface area contributed by atoms with Crippen LogP contribution >= 0.6 is 15.9 Å². The summed E-state index contributed by atoms with van der Waals surface area (Å²) in [6, 6.07) is 11.9. The van der Waals surface area contributed by atoms with Gasteiger partial charge in [-0.1, -0.05) is 34.1 Å². The van der Waals surface area contributed by atoms with Crippen LogP contribution in [0.4, 0.5) is 10.2 Å². The second-order valence-electron chi connectivity index (χ2n) is 7.42. The van der Waals surface area contributed by atoms with E-state index in [4.69, 9.17) is 10.5 Å². The zero-order valence-corrected chi connectivity index (χ0v) is 18.4. The van der Waals surface area contributed by atoms with Crippen molar-refractivity contribution in [1.29, 1.82) is 0 Å². The Morgan fingerprint density at radius 2 is 2.03 bits per heavy atom. The van der Waals surface area contributed by atoms with E-state index in [0.29, 0.717) is 31.0 Å². The van der Waals surface area contributed by atoms with Gasteiger partial charge in [-0.15, -0.1) is 0 Å². The molecule has 0 spiro atoms. The number of nitrogens with one attached hydrogen (secondary N) is 1. The molecule has 0 radical (unpaired) electrons. The predicted octanol–water partition coefficient (Wildman–Crippen LogP) is 4.45. The summed E-state index contributed by atoms with van der Waals surface area (Å²) in [6.45, 7) is 1.67. The number of nitrogen functional groups attached to an aromatic ring is 1. The molecule has 2 heterocycles. The molecular formula is C23H22BrFN4O2. The van der Waals surface area contributed by atoms with E-state index in [-0.39, 0.29) is 17.3 Å². The van der Waals surface area contributed by atoms with Crippen molar-refractivity contribution in [2.45, 2.75) is 25.3 Å². The molecule has 0 unspecified atom stereocenters. The van der Waals surface area contributed by atoms with Crippen molar-refractivity contribution >= 4 is 27.7 Å². The lowest BCUT2D eigenvalue weighted by Crippen LogP contribution is -2.23. The fourth-order valence-electron chi connectivity index (χ4n) is 3.59. The van der Waals surface area contributed by atoms with Crippen molar-refractivity contribution in [3.63, 3.8) is 0 Å². The van der Waals surface area contributed by atoms with Gasteiger partial charge in [-0.2, -0.15) is 0 Å². The van der Waals surface area contributed by atoms with Crippen molar-refractivity contribution in [1.82, 2.24) is 15.3 Å². The number of hydrogen-bond acceptors (Lipinski definition) is 5. The number of halogens is 2. The Morgan fingerprint density at radius 1 is 1.23 bits per heavy atom. The molecule has 1 fully saturated rings. The van der Waals surface area contributed by atoms with E-state index in [1.54, 1.807) is 12.3 Å². The normalized spacial score (nSPS) is 14.4. The summed E-state index contributed by atoms with van der Waals surface area (Å²) < 4.78 is 21.1. The minimum absolute atomic E-state index is 0.0362. The second kappa shape index (κ2) is 9.53. The number of benzene rings is 2. The molecule has 1 aromatic heterocycles. The van der Waals surface area contributed by atoms with Crippen LogP contribution in [0.1, 0.15) is 40.4 Å². The number of hydrogen-bond donors (Lipinski definition) is 2. The molecular weight excluding hydrogens is 463 g/mol. The largest absolute Gasteiger partial charge is 0.382 e. The summed E-state index contributed by atoms with van der Waals surface area (Å²) in [5.74, 6) is -0.656. The Balaban J connectivity index is 1.52. The van der Waals surface area contributed by atoms with Gasteiger partial charge in [-0.05, 0) is 42.7 Å². The van der Waals surface area contributed by atoms with Crippen molar-refractivity contribution in [3.8, 4) is 11.3 Å². The monoisotopic (exact) mass is 484 g/mol. The van der Waals surface area contributed by atoms with E-state index in [0.717, 1.165) is 28.6 Å². The SMILES string of the molecule is Nc1ncc(C2CCOCC2)nc1-c1ccc(C(=O)NCc2cccc(Br)c2)c(F)c1. The van der Waals surface area contributed by atoms with E-state index in [2.05, 4.69) is 31.2 Å². The third-order valence-corrected chi connectivity index (χ3v) is 5.78. The molecule has 0 bridgehead atoms. The number of ether oxygens (including phenoxy) is 1. The van der Waals surface area contributed by atoms with Gasteiger partial charge in [0.25, 0.3) is 5.91 Å². The highest BCUT2D eigenvalue weighted by molar-refractivity contribution is 9.10. The molecule has 1 aliphatic rings. The molecule has 8 heteroatoms. The minimum atomic E-state index is -0.637. The highest BCUT2D eigenvalue weighted by Gasteiger charge is 2.20. The van der Waals surface area contributed by atoms with Crippen LogP contribution in [-0.4, -0.2) is 29.1 Å². The van der Waals surface area contributed by atoms with Crippen LogP contribution in [-0.2, 0) is 11.3 Å². The number of aromatic nitrogens is 2. The van der Waals surface area contributed by atoms with Crippen LogP contribution in [0, 0.1) is 5.82 Å². The van der Waals surface area contributed by atoms with Crippen LogP contribution < -0.4 is 11.1 Å². The summed E-state index contributed by atoms with van der Waals surface area (Å²) >= 11 is 3.39. The predicted molar refractivity (Wildman–Crippen MR) is 120 cm³/mol. The van der Waals surface area contributed by atoms with Gasteiger partial charge in [0.2, 0.25) is 0 Å². The molecule has 0 aliphatic carbocycles. The molecule has 0 atom stereocenters. The van der Waals surface area contributed by atoms with Gasteiger partial charge in [0.15, 0.2) is 0 Å². The Bertz CT molecular complexity index is 1100. The number of anilines is 1. The summed E-state index contributed by atoms with van der Waals surface area (Å²) in [6.07, 6.45) is 3.40.